The molecule has 0 aromatic carbocycles. The van der Waals surface area contributed by atoms with Crippen LogP contribution in [0.5, 0.6) is 0 Å². The smallest absolute Gasteiger partial charge is 0.459 e. The average molecular weight is 670 g/mol. The maximum Gasteiger partial charge on any atom is 0.460 e. The first-order chi connectivity index (χ1) is 18.3. The van der Waals surface area contributed by atoms with E-state index >= 15 is 0 Å². The number of anilines is 1. The van der Waals surface area contributed by atoms with Gasteiger partial charge in [-0.3, -0.25) is 4.79 Å². The summed E-state index contributed by atoms with van der Waals surface area (Å²) in [4.78, 5) is 23.1. The van der Waals surface area contributed by atoms with Gasteiger partial charge in [0, 0.05) is 0 Å². The molecule has 0 atom stereocenters. The van der Waals surface area contributed by atoms with E-state index in [2.05, 4.69) is 4.74 Å². The molecule has 0 unspecified atom stereocenters. The van der Waals surface area contributed by atoms with Crippen LogP contribution in [-0.4, -0.2) is 65.6 Å². The second kappa shape index (κ2) is 10.6. The summed E-state index contributed by atoms with van der Waals surface area (Å²) in [6, 6.07) is 1.15. The van der Waals surface area contributed by atoms with Crippen molar-refractivity contribution in [3.63, 3.8) is 0 Å². The highest BCUT2D eigenvalue weighted by atomic mass is 32.1. The first kappa shape index (κ1) is 37.0. The number of carbonyl (C=O) groups excluding carboxylic acids is 2. The van der Waals surface area contributed by atoms with Crippen LogP contribution in [0.15, 0.2) is 0 Å². The van der Waals surface area contributed by atoms with Crippen LogP contribution in [0.1, 0.15) is 34.6 Å². The Balaban J connectivity index is 3.65. The number of ether oxygens (including phenoxy) is 1. The number of nitrogens with one attached hydrogen (secondary N) is 1. The summed E-state index contributed by atoms with van der Waals surface area (Å²) in [5.41, 5.74) is -1.52. The zero-order valence-electron chi connectivity index (χ0n) is 20.1. The number of alkyl halides is 17. The Bertz CT molecular complexity index is 1260. The molecule has 42 heavy (non-hydrogen) atoms. The van der Waals surface area contributed by atoms with Crippen molar-refractivity contribution < 1.29 is 89.0 Å². The van der Waals surface area contributed by atoms with Crippen LogP contribution >= 0.6 is 11.3 Å². The van der Waals surface area contributed by atoms with Crippen molar-refractivity contribution in [3.05, 3.63) is 16.0 Å². The summed E-state index contributed by atoms with van der Waals surface area (Å²) in [6.07, 6.45) is -8.77. The van der Waals surface area contributed by atoms with Gasteiger partial charge in [-0.2, -0.15) is 79.9 Å². The molecule has 0 fully saturated rings. The largest absolute Gasteiger partial charge is 0.460 e. The summed E-state index contributed by atoms with van der Waals surface area (Å²) >= 11 is -0.210. The Morgan fingerprint density at radius 3 is 1.48 bits per heavy atom. The molecule has 1 amide bonds. The molecule has 23 heteroatoms. The molecule has 0 aliphatic rings. The first-order valence-electron chi connectivity index (χ1n) is 10.1. The van der Waals surface area contributed by atoms with E-state index in [0.29, 0.717) is 5.32 Å². The standard InChI is InChI=1S/C19H11F17N2O3S/c1-5(2)41-10(39)8-6(3)7(4-37)9(42-8)38-11(40)12(20,21)13(22,23)14(24,25)15(26,27)16(28,29)17(30,31)18(32,33)19(34,35)36/h5H,1-3H3,(H,38,40). The molecular formula is C19H11F17N2O3S. The van der Waals surface area contributed by atoms with Gasteiger partial charge in [0.2, 0.25) is 0 Å². The molecule has 1 rings (SSSR count). The van der Waals surface area contributed by atoms with Crippen LogP contribution in [0.25, 0.3) is 0 Å². The van der Waals surface area contributed by atoms with Crippen molar-refractivity contribution in [2.75, 3.05) is 5.32 Å². The van der Waals surface area contributed by atoms with E-state index in [-0.39, 0.29) is 11.3 Å². The molecule has 1 N–H and O–H groups in total. The van der Waals surface area contributed by atoms with Crippen molar-refractivity contribution in [2.24, 2.45) is 0 Å². The number of nitriles is 1. The van der Waals surface area contributed by atoms with Gasteiger partial charge in [-0.15, -0.1) is 11.3 Å². The van der Waals surface area contributed by atoms with Gasteiger partial charge in [-0.25, -0.2) is 4.79 Å². The lowest BCUT2D eigenvalue weighted by molar-refractivity contribution is -0.459. The van der Waals surface area contributed by atoms with Crippen LogP contribution in [0.3, 0.4) is 0 Å². The van der Waals surface area contributed by atoms with Gasteiger partial charge in [0.25, 0.3) is 0 Å². The number of carbonyl (C=O) groups is 2. The quantitative estimate of drug-likeness (QED) is 0.208. The van der Waals surface area contributed by atoms with E-state index < -0.39 is 86.6 Å². The summed E-state index contributed by atoms with van der Waals surface area (Å²) in [5.74, 6) is -64.2. The Hall–Kier alpha value is -3.06. The van der Waals surface area contributed by atoms with Crippen LogP contribution in [0.4, 0.5) is 79.6 Å². The van der Waals surface area contributed by atoms with E-state index in [0.717, 1.165) is 13.0 Å². The molecule has 0 spiro atoms. The van der Waals surface area contributed by atoms with Crippen molar-refractivity contribution in [1.82, 2.24) is 0 Å². The molecule has 1 heterocycles. The fourth-order valence-corrected chi connectivity index (χ4v) is 3.72. The highest BCUT2D eigenvalue weighted by Gasteiger charge is 2.95. The Morgan fingerprint density at radius 2 is 1.12 bits per heavy atom. The van der Waals surface area contributed by atoms with E-state index in [1.54, 1.807) is 0 Å². The van der Waals surface area contributed by atoms with Gasteiger partial charge >= 0.3 is 59.5 Å². The lowest BCUT2D eigenvalue weighted by Gasteiger charge is -2.42. The second-order valence-corrected chi connectivity index (χ2v) is 9.32. The molecule has 5 nitrogen and oxygen atoms in total. The number of rotatable bonds is 10. The Labute approximate surface area is 225 Å². The molecule has 0 bridgehead atoms. The number of hydrogen-bond donors (Lipinski definition) is 1. The monoisotopic (exact) mass is 670 g/mol. The van der Waals surface area contributed by atoms with Crippen LogP contribution in [0, 0.1) is 18.3 Å². The third-order valence-corrected chi connectivity index (χ3v) is 6.21. The van der Waals surface area contributed by atoms with Crippen LogP contribution < -0.4 is 5.32 Å². The zero-order chi connectivity index (χ0) is 33.9. The zero-order valence-corrected chi connectivity index (χ0v) is 20.9. The molecule has 0 radical (unpaired) electrons. The molecule has 1 aromatic rings. The molecule has 0 aliphatic carbocycles. The molecule has 0 saturated heterocycles. The maximum atomic E-state index is 14.2. The van der Waals surface area contributed by atoms with Crippen LogP contribution in [-0.2, 0) is 9.53 Å². The highest BCUT2D eigenvalue weighted by molar-refractivity contribution is 7.18. The van der Waals surface area contributed by atoms with E-state index in [4.69, 9.17) is 5.26 Å². The van der Waals surface area contributed by atoms with Crippen LogP contribution in [0.2, 0.25) is 0 Å². The van der Waals surface area contributed by atoms with Gasteiger partial charge in [-0.1, -0.05) is 0 Å². The fraction of sp³-hybridized carbons (Fsp3) is 0.632. The second-order valence-electron chi connectivity index (χ2n) is 8.30. The summed E-state index contributed by atoms with van der Waals surface area (Å²) in [5, 5.41) is 8.39. The number of nitrogens with zero attached hydrogens (tertiary/aromatic N) is 1. The number of hydrogen-bond acceptors (Lipinski definition) is 5. The fourth-order valence-electron chi connectivity index (χ4n) is 2.69. The van der Waals surface area contributed by atoms with Gasteiger partial charge in [-0.05, 0) is 26.3 Å². The number of halogens is 17. The third kappa shape index (κ3) is 5.18. The number of thiophene rings is 1. The van der Waals surface area contributed by atoms with E-state index in [9.17, 15) is 84.2 Å². The minimum absolute atomic E-state index is 0.210. The van der Waals surface area contributed by atoms with Gasteiger partial charge < -0.3 is 10.1 Å². The topological polar surface area (TPSA) is 79.2 Å². The number of esters is 1. The minimum Gasteiger partial charge on any atom is -0.459 e. The SMILES string of the molecule is Cc1c(C(=O)OC(C)C)sc(NC(=O)C(F)(F)C(F)(F)C(F)(F)C(F)(F)C(F)(F)C(F)(F)C(F)(F)C(F)(F)F)c1C#N. The van der Waals surface area contributed by atoms with Crippen molar-refractivity contribution in [3.8, 4) is 6.07 Å². The predicted molar refractivity (Wildman–Crippen MR) is 104 cm³/mol. The normalized spacial score (nSPS) is 14.6. The lowest BCUT2D eigenvalue weighted by Crippen LogP contribution is -2.75. The summed E-state index contributed by atoms with van der Waals surface area (Å²) in [7, 11) is 0. The van der Waals surface area contributed by atoms with Crippen molar-refractivity contribution in [1.29, 1.82) is 5.26 Å². The van der Waals surface area contributed by atoms with Crippen molar-refractivity contribution >= 4 is 28.2 Å². The van der Waals surface area contributed by atoms with E-state index in [1.807, 2.05) is 0 Å². The Morgan fingerprint density at radius 1 is 0.738 bits per heavy atom. The summed E-state index contributed by atoms with van der Waals surface area (Å²) < 4.78 is 232. The van der Waals surface area contributed by atoms with Crippen molar-refractivity contribution in [2.45, 2.75) is 74.5 Å². The molecule has 1 aromatic heterocycles. The highest BCUT2D eigenvalue weighted by Crippen LogP contribution is 2.64. The average Bonchev–Trinajstić information content (AvgIpc) is 3.11. The lowest BCUT2D eigenvalue weighted by atomic mass is 9.89. The van der Waals surface area contributed by atoms with E-state index in [1.165, 1.54) is 13.8 Å². The maximum absolute atomic E-state index is 14.2. The number of amides is 1. The molecular weight excluding hydrogens is 659 g/mol. The van der Waals surface area contributed by atoms with Gasteiger partial charge in [0.1, 0.15) is 15.9 Å². The molecule has 0 aliphatic heterocycles. The van der Waals surface area contributed by atoms with Gasteiger partial charge in [0.05, 0.1) is 11.7 Å². The Kier molecular flexibility index (Phi) is 9.32. The first-order valence-corrected chi connectivity index (χ1v) is 10.9. The molecule has 240 valence electrons. The summed E-state index contributed by atoms with van der Waals surface area (Å²) in [6.45, 7) is 3.43. The minimum atomic E-state index is -8.85. The van der Waals surface area contributed by atoms with Gasteiger partial charge in [0.15, 0.2) is 0 Å². The third-order valence-electron chi connectivity index (χ3n) is 5.02. The predicted octanol–water partition coefficient (Wildman–Crippen LogP) is 7.44. The molecule has 0 saturated carbocycles.